The van der Waals surface area contributed by atoms with Crippen LogP contribution in [0.4, 0.5) is 0 Å². The number of aromatic amines is 1. The van der Waals surface area contributed by atoms with Crippen LogP contribution in [-0.4, -0.2) is 9.55 Å². The maximum Gasteiger partial charge on any atom is 0.0541 e. The second-order valence-electron chi connectivity index (χ2n) is 13.5. The molecular weight excluding hydrogens is 569 g/mol. The van der Waals surface area contributed by atoms with Crippen molar-refractivity contribution in [1.29, 1.82) is 0 Å². The average molecular weight is 601 g/mol. The second-order valence-corrected chi connectivity index (χ2v) is 13.5. The highest BCUT2D eigenvalue weighted by Gasteiger charge is 2.35. The summed E-state index contributed by atoms with van der Waals surface area (Å²) in [6.45, 7) is 4.71. The van der Waals surface area contributed by atoms with Crippen molar-refractivity contribution >= 4 is 43.6 Å². The quantitative estimate of drug-likeness (QED) is 0.208. The molecule has 1 aliphatic rings. The zero-order valence-corrected chi connectivity index (χ0v) is 26.4. The third-order valence-electron chi connectivity index (χ3n) is 10.5. The number of benzene rings is 7. The molecular formula is C45H32N2. The van der Waals surface area contributed by atoms with Crippen LogP contribution >= 0.6 is 0 Å². The third-order valence-corrected chi connectivity index (χ3v) is 10.5. The lowest BCUT2D eigenvalue weighted by atomic mass is 9.82. The Morgan fingerprint density at radius 3 is 2.00 bits per heavy atom. The Bertz CT molecular complexity index is 2700. The van der Waals surface area contributed by atoms with Gasteiger partial charge >= 0.3 is 0 Å². The van der Waals surface area contributed by atoms with Crippen LogP contribution < -0.4 is 0 Å². The molecule has 9 aromatic rings. The minimum atomic E-state index is -0.0266. The summed E-state index contributed by atoms with van der Waals surface area (Å²) in [6, 6.07) is 55.8. The van der Waals surface area contributed by atoms with Crippen molar-refractivity contribution in [2.45, 2.75) is 19.3 Å². The first kappa shape index (κ1) is 26.4. The first-order valence-electron chi connectivity index (χ1n) is 16.4. The smallest absolute Gasteiger partial charge is 0.0541 e. The zero-order chi connectivity index (χ0) is 31.3. The van der Waals surface area contributed by atoms with Crippen LogP contribution in [0.15, 0.2) is 152 Å². The highest BCUT2D eigenvalue weighted by Crippen LogP contribution is 2.50. The molecule has 1 aliphatic carbocycles. The third kappa shape index (κ3) is 3.79. The number of para-hydroxylation sites is 1. The zero-order valence-electron chi connectivity index (χ0n) is 26.4. The van der Waals surface area contributed by atoms with E-state index in [1.165, 1.54) is 93.8 Å². The van der Waals surface area contributed by atoms with Crippen molar-refractivity contribution in [3.8, 4) is 39.1 Å². The van der Waals surface area contributed by atoms with Gasteiger partial charge in [0.2, 0.25) is 0 Å². The first-order chi connectivity index (χ1) is 23.0. The van der Waals surface area contributed by atoms with Crippen LogP contribution in [0.2, 0.25) is 0 Å². The van der Waals surface area contributed by atoms with E-state index in [0.717, 1.165) is 0 Å². The summed E-state index contributed by atoms with van der Waals surface area (Å²) in [6.07, 6.45) is 0. The van der Waals surface area contributed by atoms with E-state index in [1.807, 2.05) is 0 Å². The van der Waals surface area contributed by atoms with Crippen molar-refractivity contribution in [3.63, 3.8) is 0 Å². The van der Waals surface area contributed by atoms with Gasteiger partial charge in [-0.25, -0.2) is 0 Å². The lowest BCUT2D eigenvalue weighted by molar-refractivity contribution is 0.661. The highest BCUT2D eigenvalue weighted by atomic mass is 15.0. The highest BCUT2D eigenvalue weighted by molar-refractivity contribution is 6.12. The molecule has 0 fully saturated rings. The minimum Gasteiger partial charge on any atom is -0.354 e. The monoisotopic (exact) mass is 600 g/mol. The number of fused-ring (bicyclic) bond motifs is 9. The van der Waals surface area contributed by atoms with Gasteiger partial charge in [-0.1, -0.05) is 111 Å². The maximum atomic E-state index is 3.73. The van der Waals surface area contributed by atoms with Crippen LogP contribution in [0.25, 0.3) is 82.7 Å². The molecule has 0 bridgehead atoms. The lowest BCUT2D eigenvalue weighted by Gasteiger charge is -2.21. The molecule has 0 unspecified atom stereocenters. The van der Waals surface area contributed by atoms with E-state index in [0.29, 0.717) is 0 Å². The Morgan fingerprint density at radius 2 is 1.11 bits per heavy atom. The largest absolute Gasteiger partial charge is 0.354 e. The van der Waals surface area contributed by atoms with Gasteiger partial charge in [0.25, 0.3) is 0 Å². The van der Waals surface area contributed by atoms with E-state index in [1.54, 1.807) is 0 Å². The maximum absolute atomic E-state index is 3.73. The summed E-state index contributed by atoms with van der Waals surface area (Å²) in [5, 5.41) is 5.09. The SMILES string of the molecule is CC1(C)c2ccccc2-c2cc3[nH]c4ccc(-c5ccc6c(c5)c5ccccc5n6-c5cccc(-c6ccccc6)c5)cc4c3cc21. The summed E-state index contributed by atoms with van der Waals surface area (Å²) < 4.78 is 2.41. The minimum absolute atomic E-state index is 0.0266. The molecule has 0 saturated heterocycles. The van der Waals surface area contributed by atoms with Gasteiger partial charge in [-0.2, -0.15) is 0 Å². The Labute approximate surface area is 273 Å². The molecule has 0 spiro atoms. The number of hydrogen-bond acceptors (Lipinski definition) is 0. The summed E-state index contributed by atoms with van der Waals surface area (Å²) in [7, 11) is 0. The standard InChI is InChI=1S/C45H32N2/c1-45(2)39-17-8-6-15-33(39)35-27-42-37(26-40(35)45)36-24-30(19-21-41(36)46-42)31-20-22-44-38(25-31)34-16-7-9-18-43(34)47(44)32-14-10-13-29(23-32)28-11-4-3-5-12-28/h3-27,46H,1-2H3. The van der Waals surface area contributed by atoms with Gasteiger partial charge in [-0.05, 0) is 99.1 Å². The van der Waals surface area contributed by atoms with E-state index in [2.05, 4.69) is 175 Å². The molecule has 0 amide bonds. The van der Waals surface area contributed by atoms with Gasteiger partial charge in [-0.3, -0.25) is 0 Å². The molecule has 2 heterocycles. The number of nitrogens with one attached hydrogen (secondary N) is 1. The van der Waals surface area contributed by atoms with E-state index in [9.17, 15) is 0 Å². The van der Waals surface area contributed by atoms with Crippen LogP contribution in [-0.2, 0) is 5.41 Å². The summed E-state index contributed by atoms with van der Waals surface area (Å²) in [5.41, 5.74) is 16.4. The molecule has 2 heteroatoms. The van der Waals surface area contributed by atoms with Crippen molar-refractivity contribution in [2.75, 3.05) is 0 Å². The number of H-pyrrole nitrogens is 1. The topological polar surface area (TPSA) is 20.7 Å². The average Bonchev–Trinajstić information content (AvgIpc) is 3.72. The predicted octanol–water partition coefficient (Wildman–Crippen LogP) is 12.1. The Hall–Kier alpha value is -5.86. The molecule has 47 heavy (non-hydrogen) atoms. The van der Waals surface area contributed by atoms with Crippen LogP contribution in [0.5, 0.6) is 0 Å². The fourth-order valence-corrected chi connectivity index (χ4v) is 8.16. The van der Waals surface area contributed by atoms with Crippen LogP contribution in [0, 0.1) is 0 Å². The Kier molecular flexibility index (Phi) is 5.37. The molecule has 7 aromatic carbocycles. The predicted molar refractivity (Wildman–Crippen MR) is 199 cm³/mol. The van der Waals surface area contributed by atoms with E-state index in [-0.39, 0.29) is 5.41 Å². The molecule has 0 atom stereocenters. The fraction of sp³-hybridized carbons (Fsp3) is 0.0667. The molecule has 2 aromatic heterocycles. The van der Waals surface area contributed by atoms with Gasteiger partial charge in [-0.15, -0.1) is 0 Å². The summed E-state index contributed by atoms with van der Waals surface area (Å²) in [5.74, 6) is 0. The summed E-state index contributed by atoms with van der Waals surface area (Å²) >= 11 is 0. The van der Waals surface area contributed by atoms with Crippen molar-refractivity contribution in [1.82, 2.24) is 9.55 Å². The lowest BCUT2D eigenvalue weighted by Crippen LogP contribution is -2.14. The van der Waals surface area contributed by atoms with Crippen molar-refractivity contribution < 1.29 is 0 Å². The Morgan fingerprint density at radius 1 is 0.426 bits per heavy atom. The van der Waals surface area contributed by atoms with Gasteiger partial charge in [0.05, 0.1) is 11.0 Å². The molecule has 2 nitrogen and oxygen atoms in total. The van der Waals surface area contributed by atoms with Crippen molar-refractivity contribution in [2.24, 2.45) is 0 Å². The van der Waals surface area contributed by atoms with Gasteiger partial charge in [0.15, 0.2) is 0 Å². The fourth-order valence-electron chi connectivity index (χ4n) is 8.16. The van der Waals surface area contributed by atoms with Crippen molar-refractivity contribution in [3.05, 3.63) is 163 Å². The molecule has 0 saturated carbocycles. The van der Waals surface area contributed by atoms with Crippen LogP contribution in [0.1, 0.15) is 25.0 Å². The Balaban J connectivity index is 1.13. The van der Waals surface area contributed by atoms with Crippen LogP contribution in [0.3, 0.4) is 0 Å². The first-order valence-corrected chi connectivity index (χ1v) is 16.4. The van der Waals surface area contributed by atoms with E-state index in [4.69, 9.17) is 0 Å². The van der Waals surface area contributed by atoms with E-state index >= 15 is 0 Å². The van der Waals surface area contributed by atoms with E-state index < -0.39 is 0 Å². The normalized spacial score (nSPS) is 13.5. The number of hydrogen-bond donors (Lipinski definition) is 1. The second kappa shape index (κ2) is 9.57. The molecule has 222 valence electrons. The van der Waals surface area contributed by atoms with Gasteiger partial charge in [0, 0.05) is 43.7 Å². The number of aromatic nitrogens is 2. The number of rotatable bonds is 3. The molecule has 0 aliphatic heterocycles. The van der Waals surface area contributed by atoms with Gasteiger partial charge < -0.3 is 9.55 Å². The van der Waals surface area contributed by atoms with Gasteiger partial charge in [0.1, 0.15) is 0 Å². The molecule has 0 radical (unpaired) electrons. The molecule has 10 rings (SSSR count). The number of nitrogens with zero attached hydrogens (tertiary/aromatic N) is 1. The summed E-state index contributed by atoms with van der Waals surface area (Å²) in [4.78, 5) is 3.73. The molecule has 1 N–H and O–H groups in total.